The maximum Gasteiger partial charge on any atom is 0.314 e. The molecule has 0 aliphatic carbocycles. The average molecular weight is 148 g/mol. The van der Waals surface area contributed by atoms with E-state index in [1.165, 1.54) is 6.92 Å². The Morgan fingerprint density at radius 3 is 2.70 bits per heavy atom. The summed E-state index contributed by atoms with van der Waals surface area (Å²) in [7, 11) is 0. The normalized spacial score (nSPS) is 40.0. The highest BCUT2D eigenvalue weighted by Crippen LogP contribution is 2.30. The van der Waals surface area contributed by atoms with E-state index in [9.17, 15) is 9.18 Å². The van der Waals surface area contributed by atoms with E-state index in [1.807, 2.05) is 0 Å². The molecule has 58 valence electrons. The molecular weight excluding hydrogens is 139 g/mol. The Balaban J connectivity index is 2.75. The minimum atomic E-state index is -1.37. The van der Waals surface area contributed by atoms with E-state index in [-0.39, 0.29) is 13.2 Å². The van der Waals surface area contributed by atoms with Gasteiger partial charge < -0.3 is 9.84 Å². The molecule has 4 heteroatoms. The third kappa shape index (κ3) is 0.883. The lowest BCUT2D eigenvalue weighted by molar-refractivity contribution is -0.150. The molecule has 1 aliphatic rings. The van der Waals surface area contributed by atoms with E-state index in [2.05, 4.69) is 4.74 Å². The number of hydrogen-bond acceptors (Lipinski definition) is 2. The molecule has 1 heterocycles. The van der Waals surface area contributed by atoms with Gasteiger partial charge in [0.2, 0.25) is 0 Å². The van der Waals surface area contributed by atoms with Crippen LogP contribution in [0.3, 0.4) is 0 Å². The van der Waals surface area contributed by atoms with Crippen LogP contribution in [0.1, 0.15) is 6.92 Å². The van der Waals surface area contributed by atoms with E-state index in [0.29, 0.717) is 0 Å². The Morgan fingerprint density at radius 1 is 1.90 bits per heavy atom. The molecule has 0 radical (unpaired) electrons. The van der Waals surface area contributed by atoms with Crippen molar-refractivity contribution in [2.24, 2.45) is 5.41 Å². The molecule has 0 spiro atoms. The summed E-state index contributed by atoms with van der Waals surface area (Å²) < 4.78 is 17.4. The van der Waals surface area contributed by atoms with E-state index in [0.717, 1.165) is 0 Å². The maximum absolute atomic E-state index is 12.7. The molecule has 2 atom stereocenters. The average Bonchev–Trinajstić information content (AvgIpc) is 2.15. The molecule has 0 bridgehead atoms. The molecule has 2 unspecified atom stereocenters. The molecule has 0 aromatic heterocycles. The number of hydrogen-bond donors (Lipinski definition) is 1. The van der Waals surface area contributed by atoms with Crippen molar-refractivity contribution in [3.63, 3.8) is 0 Å². The molecule has 10 heavy (non-hydrogen) atoms. The number of alkyl halides is 1. The third-order valence-corrected chi connectivity index (χ3v) is 1.85. The first-order valence-corrected chi connectivity index (χ1v) is 3.02. The SMILES string of the molecule is CC1(C(=O)O)COCC1F. The second kappa shape index (κ2) is 2.20. The Kier molecular flexibility index (Phi) is 1.64. The molecule has 0 aromatic rings. The molecule has 3 nitrogen and oxygen atoms in total. The Labute approximate surface area is 57.8 Å². The highest BCUT2D eigenvalue weighted by molar-refractivity contribution is 5.75. The third-order valence-electron chi connectivity index (χ3n) is 1.85. The first-order chi connectivity index (χ1) is 4.57. The van der Waals surface area contributed by atoms with Gasteiger partial charge in [-0.1, -0.05) is 0 Å². The lowest BCUT2D eigenvalue weighted by Gasteiger charge is -2.17. The number of aliphatic carboxylic acids is 1. The van der Waals surface area contributed by atoms with Crippen molar-refractivity contribution in [3.8, 4) is 0 Å². The fourth-order valence-electron chi connectivity index (χ4n) is 0.844. The van der Waals surface area contributed by atoms with Crippen molar-refractivity contribution in [1.82, 2.24) is 0 Å². The molecule has 1 saturated heterocycles. The van der Waals surface area contributed by atoms with E-state index in [1.54, 1.807) is 0 Å². The molecule has 1 aliphatic heterocycles. The van der Waals surface area contributed by atoms with Crippen molar-refractivity contribution < 1.29 is 19.0 Å². The van der Waals surface area contributed by atoms with Crippen LogP contribution in [0.2, 0.25) is 0 Å². The summed E-state index contributed by atoms with van der Waals surface area (Å²) in [6.07, 6.45) is -1.37. The van der Waals surface area contributed by atoms with Crippen LogP contribution < -0.4 is 0 Å². The van der Waals surface area contributed by atoms with E-state index >= 15 is 0 Å². The number of carboxylic acid groups (broad SMARTS) is 1. The van der Waals surface area contributed by atoms with Gasteiger partial charge in [-0.3, -0.25) is 4.79 Å². The quantitative estimate of drug-likeness (QED) is 0.587. The number of carbonyl (C=O) groups is 1. The van der Waals surface area contributed by atoms with Crippen molar-refractivity contribution in [2.45, 2.75) is 13.1 Å². The van der Waals surface area contributed by atoms with Gasteiger partial charge in [-0.05, 0) is 6.92 Å². The first-order valence-electron chi connectivity index (χ1n) is 3.02. The highest BCUT2D eigenvalue weighted by Gasteiger charge is 2.47. The van der Waals surface area contributed by atoms with Crippen LogP contribution in [0.15, 0.2) is 0 Å². The fraction of sp³-hybridized carbons (Fsp3) is 0.833. The minimum Gasteiger partial charge on any atom is -0.481 e. The number of halogens is 1. The van der Waals surface area contributed by atoms with Gasteiger partial charge in [-0.15, -0.1) is 0 Å². The first kappa shape index (κ1) is 7.47. The molecule has 0 aromatic carbocycles. The largest absolute Gasteiger partial charge is 0.481 e. The molecule has 0 amide bonds. The van der Waals surface area contributed by atoms with Gasteiger partial charge in [-0.2, -0.15) is 0 Å². The Hall–Kier alpha value is -0.640. The maximum atomic E-state index is 12.7. The lowest BCUT2D eigenvalue weighted by Crippen LogP contribution is -2.36. The van der Waals surface area contributed by atoms with E-state index < -0.39 is 17.6 Å². The zero-order chi connectivity index (χ0) is 7.78. The molecule has 1 N–H and O–H groups in total. The van der Waals surface area contributed by atoms with Crippen molar-refractivity contribution in [1.29, 1.82) is 0 Å². The van der Waals surface area contributed by atoms with E-state index in [4.69, 9.17) is 5.11 Å². The molecule has 1 rings (SSSR count). The summed E-state index contributed by atoms with van der Waals surface area (Å²) in [6, 6.07) is 0. The second-order valence-electron chi connectivity index (χ2n) is 2.71. The number of carboxylic acids is 1. The van der Waals surface area contributed by atoms with Crippen LogP contribution in [0.5, 0.6) is 0 Å². The van der Waals surface area contributed by atoms with Crippen LogP contribution >= 0.6 is 0 Å². The van der Waals surface area contributed by atoms with Gasteiger partial charge in [0.15, 0.2) is 0 Å². The van der Waals surface area contributed by atoms with Gasteiger partial charge in [0, 0.05) is 0 Å². The van der Waals surface area contributed by atoms with Crippen LogP contribution in [-0.4, -0.2) is 30.5 Å². The number of ether oxygens (including phenoxy) is 1. The zero-order valence-corrected chi connectivity index (χ0v) is 5.63. The van der Waals surface area contributed by atoms with Gasteiger partial charge in [0.25, 0.3) is 0 Å². The van der Waals surface area contributed by atoms with Crippen LogP contribution in [0.25, 0.3) is 0 Å². The molecule has 1 fully saturated rings. The molecular formula is C6H9FO3. The van der Waals surface area contributed by atoms with Crippen molar-refractivity contribution in [3.05, 3.63) is 0 Å². The smallest absolute Gasteiger partial charge is 0.314 e. The summed E-state index contributed by atoms with van der Waals surface area (Å²) in [6.45, 7) is 1.24. The number of rotatable bonds is 1. The van der Waals surface area contributed by atoms with Gasteiger partial charge in [0.05, 0.1) is 13.2 Å². The summed E-state index contributed by atoms with van der Waals surface area (Å²) in [5.74, 6) is -1.13. The lowest BCUT2D eigenvalue weighted by atomic mass is 9.89. The van der Waals surface area contributed by atoms with Crippen LogP contribution in [0, 0.1) is 5.41 Å². The summed E-state index contributed by atoms with van der Waals surface area (Å²) in [5, 5.41) is 8.52. The highest BCUT2D eigenvalue weighted by atomic mass is 19.1. The summed E-state index contributed by atoms with van der Waals surface area (Å²) in [5.41, 5.74) is -1.32. The fourth-order valence-corrected chi connectivity index (χ4v) is 0.844. The zero-order valence-electron chi connectivity index (χ0n) is 5.63. The predicted octanol–water partition coefficient (Wildman–Crippen LogP) is 0.446. The van der Waals surface area contributed by atoms with Crippen molar-refractivity contribution >= 4 is 5.97 Å². The van der Waals surface area contributed by atoms with Crippen LogP contribution in [0.4, 0.5) is 4.39 Å². The topological polar surface area (TPSA) is 46.5 Å². The van der Waals surface area contributed by atoms with Crippen molar-refractivity contribution in [2.75, 3.05) is 13.2 Å². The van der Waals surface area contributed by atoms with Gasteiger partial charge in [0.1, 0.15) is 11.6 Å². The summed E-state index contributed by atoms with van der Waals surface area (Å²) in [4.78, 5) is 10.4. The predicted molar refractivity (Wildman–Crippen MR) is 31.5 cm³/mol. The Morgan fingerprint density at radius 2 is 2.50 bits per heavy atom. The second-order valence-corrected chi connectivity index (χ2v) is 2.71. The summed E-state index contributed by atoms with van der Waals surface area (Å²) >= 11 is 0. The Bertz CT molecular complexity index is 159. The van der Waals surface area contributed by atoms with Crippen LogP contribution in [-0.2, 0) is 9.53 Å². The van der Waals surface area contributed by atoms with Gasteiger partial charge >= 0.3 is 5.97 Å². The minimum absolute atomic E-state index is 0.0243. The standard InChI is InChI=1S/C6H9FO3/c1-6(5(8)9)3-10-2-4(6)7/h4H,2-3H2,1H3,(H,8,9). The monoisotopic (exact) mass is 148 g/mol. The van der Waals surface area contributed by atoms with Gasteiger partial charge in [-0.25, -0.2) is 4.39 Å². The molecule has 0 saturated carbocycles.